The van der Waals surface area contributed by atoms with Crippen LogP contribution in [0.15, 0.2) is 24.3 Å². The number of piperazine rings is 1. The normalized spacial score (nSPS) is 19.6. The average Bonchev–Trinajstić information content (AvgIpc) is 2.55. The maximum atomic E-state index is 5.60. The van der Waals surface area contributed by atoms with E-state index in [0.717, 1.165) is 38.5 Å². The van der Waals surface area contributed by atoms with Crippen LogP contribution in [-0.4, -0.2) is 65.1 Å². The van der Waals surface area contributed by atoms with Crippen LogP contribution in [0.5, 0.6) is 5.75 Å². The van der Waals surface area contributed by atoms with Crippen LogP contribution in [0, 0.1) is 0 Å². The third-order valence-corrected chi connectivity index (χ3v) is 3.81. The van der Waals surface area contributed by atoms with Gasteiger partial charge in [-0.3, -0.25) is 4.90 Å². The Labute approximate surface area is 127 Å². The van der Waals surface area contributed by atoms with E-state index in [4.69, 9.17) is 14.2 Å². The molecular formula is C16H26N2O3. The van der Waals surface area contributed by atoms with Crippen molar-refractivity contribution in [2.45, 2.75) is 6.04 Å². The lowest BCUT2D eigenvalue weighted by Crippen LogP contribution is -2.47. The molecule has 1 aromatic rings. The fourth-order valence-corrected chi connectivity index (χ4v) is 2.69. The molecule has 0 saturated carbocycles. The van der Waals surface area contributed by atoms with Crippen LogP contribution in [-0.2, 0) is 9.47 Å². The first-order valence-corrected chi connectivity index (χ1v) is 7.51. The first kappa shape index (κ1) is 16.2. The number of hydrogen-bond donors (Lipinski definition) is 1. The second kappa shape index (κ2) is 9.00. The van der Waals surface area contributed by atoms with Crippen LogP contribution in [0.25, 0.3) is 0 Å². The van der Waals surface area contributed by atoms with Gasteiger partial charge in [-0.1, -0.05) is 18.2 Å². The lowest BCUT2D eigenvalue weighted by Gasteiger charge is -2.37. The third-order valence-electron chi connectivity index (χ3n) is 3.81. The summed E-state index contributed by atoms with van der Waals surface area (Å²) < 4.78 is 16.1. The zero-order valence-corrected chi connectivity index (χ0v) is 13.0. The van der Waals surface area contributed by atoms with Crippen molar-refractivity contribution < 1.29 is 14.2 Å². The van der Waals surface area contributed by atoms with Crippen LogP contribution in [0.2, 0.25) is 0 Å². The Morgan fingerprint density at radius 1 is 1.19 bits per heavy atom. The number of ether oxygens (including phenoxy) is 3. The molecule has 118 valence electrons. The van der Waals surface area contributed by atoms with Crippen molar-refractivity contribution in [3.8, 4) is 5.75 Å². The number of nitrogens with one attached hydrogen (secondary N) is 1. The summed E-state index contributed by atoms with van der Waals surface area (Å²) in [5.74, 6) is 0.955. The quantitative estimate of drug-likeness (QED) is 0.732. The number of nitrogens with zero attached hydrogens (tertiary/aromatic N) is 1. The number of hydrogen-bond acceptors (Lipinski definition) is 5. The second-order valence-electron chi connectivity index (χ2n) is 5.10. The van der Waals surface area contributed by atoms with Gasteiger partial charge in [0, 0.05) is 38.9 Å². The van der Waals surface area contributed by atoms with Crippen molar-refractivity contribution >= 4 is 0 Å². The Morgan fingerprint density at radius 3 is 2.86 bits per heavy atom. The molecule has 1 heterocycles. The van der Waals surface area contributed by atoms with Gasteiger partial charge in [-0.2, -0.15) is 0 Å². The molecule has 0 radical (unpaired) electrons. The number of methoxy groups -OCH3 is 2. The van der Waals surface area contributed by atoms with E-state index in [1.54, 1.807) is 14.2 Å². The molecule has 0 spiro atoms. The molecule has 1 aliphatic rings. The van der Waals surface area contributed by atoms with Crippen molar-refractivity contribution in [2.24, 2.45) is 0 Å². The average molecular weight is 294 g/mol. The van der Waals surface area contributed by atoms with Crippen molar-refractivity contribution in [1.29, 1.82) is 0 Å². The smallest absolute Gasteiger partial charge is 0.123 e. The minimum atomic E-state index is 0.334. The van der Waals surface area contributed by atoms with Gasteiger partial charge in [0.05, 0.1) is 33.0 Å². The predicted molar refractivity (Wildman–Crippen MR) is 82.9 cm³/mol. The molecule has 0 amide bonds. The highest BCUT2D eigenvalue weighted by molar-refractivity contribution is 5.36. The zero-order valence-electron chi connectivity index (χ0n) is 13.0. The second-order valence-corrected chi connectivity index (χ2v) is 5.10. The van der Waals surface area contributed by atoms with Crippen molar-refractivity contribution in [3.05, 3.63) is 29.8 Å². The molecule has 0 aliphatic carbocycles. The van der Waals surface area contributed by atoms with Crippen LogP contribution in [0.4, 0.5) is 0 Å². The fourth-order valence-electron chi connectivity index (χ4n) is 2.69. The highest BCUT2D eigenvalue weighted by Gasteiger charge is 2.25. The maximum absolute atomic E-state index is 5.60. The summed E-state index contributed by atoms with van der Waals surface area (Å²) >= 11 is 0. The number of para-hydroxylation sites is 1. The monoisotopic (exact) mass is 294 g/mol. The Morgan fingerprint density at radius 2 is 2.05 bits per heavy atom. The van der Waals surface area contributed by atoms with E-state index in [1.165, 1.54) is 5.56 Å². The minimum Gasteiger partial charge on any atom is -0.496 e. The molecule has 1 aliphatic heterocycles. The first-order chi connectivity index (χ1) is 10.4. The number of rotatable bonds is 8. The van der Waals surface area contributed by atoms with Gasteiger partial charge < -0.3 is 19.5 Å². The van der Waals surface area contributed by atoms with Gasteiger partial charge in [0.2, 0.25) is 0 Å². The molecule has 0 bridgehead atoms. The number of benzene rings is 1. The molecular weight excluding hydrogens is 268 g/mol. The summed E-state index contributed by atoms with van der Waals surface area (Å²) in [4.78, 5) is 2.46. The maximum Gasteiger partial charge on any atom is 0.123 e. The van der Waals surface area contributed by atoms with E-state index < -0.39 is 0 Å². The predicted octanol–water partition coefficient (Wildman–Crippen LogP) is 1.30. The van der Waals surface area contributed by atoms with Crippen molar-refractivity contribution in [3.63, 3.8) is 0 Å². The lowest BCUT2D eigenvalue weighted by atomic mass is 10.0. The largest absolute Gasteiger partial charge is 0.496 e. The summed E-state index contributed by atoms with van der Waals surface area (Å²) in [5, 5.41) is 3.47. The molecule has 1 saturated heterocycles. The molecule has 0 aromatic heterocycles. The van der Waals surface area contributed by atoms with E-state index in [2.05, 4.69) is 22.3 Å². The molecule has 2 rings (SSSR count). The van der Waals surface area contributed by atoms with Crippen LogP contribution in [0.3, 0.4) is 0 Å². The Balaban J connectivity index is 1.95. The van der Waals surface area contributed by atoms with E-state index in [0.29, 0.717) is 19.3 Å². The van der Waals surface area contributed by atoms with E-state index in [-0.39, 0.29) is 0 Å². The van der Waals surface area contributed by atoms with Crippen LogP contribution in [0.1, 0.15) is 11.6 Å². The summed E-state index contributed by atoms with van der Waals surface area (Å²) in [5.41, 5.74) is 1.24. The van der Waals surface area contributed by atoms with Gasteiger partial charge in [-0.15, -0.1) is 0 Å². The van der Waals surface area contributed by atoms with Gasteiger partial charge in [-0.25, -0.2) is 0 Å². The van der Waals surface area contributed by atoms with Gasteiger partial charge in [0.15, 0.2) is 0 Å². The van der Waals surface area contributed by atoms with Gasteiger partial charge >= 0.3 is 0 Å². The zero-order chi connectivity index (χ0) is 14.9. The molecule has 5 heteroatoms. The molecule has 1 atom stereocenters. The third kappa shape index (κ3) is 4.68. The molecule has 1 fully saturated rings. The Kier molecular flexibility index (Phi) is 6.95. The van der Waals surface area contributed by atoms with E-state index in [9.17, 15) is 0 Å². The van der Waals surface area contributed by atoms with Crippen LogP contribution < -0.4 is 10.1 Å². The van der Waals surface area contributed by atoms with E-state index in [1.807, 2.05) is 12.1 Å². The molecule has 1 N–H and O–H groups in total. The molecule has 5 nitrogen and oxygen atoms in total. The molecule has 1 unspecified atom stereocenters. The first-order valence-electron chi connectivity index (χ1n) is 7.51. The summed E-state index contributed by atoms with van der Waals surface area (Å²) in [7, 11) is 3.42. The summed E-state index contributed by atoms with van der Waals surface area (Å²) in [6, 6.07) is 8.59. The lowest BCUT2D eigenvalue weighted by molar-refractivity contribution is 0.0445. The topological polar surface area (TPSA) is 43.0 Å². The summed E-state index contributed by atoms with van der Waals surface area (Å²) in [6.07, 6.45) is 0. The highest BCUT2D eigenvalue weighted by Crippen LogP contribution is 2.29. The van der Waals surface area contributed by atoms with Gasteiger partial charge in [0.25, 0.3) is 0 Å². The molecule has 21 heavy (non-hydrogen) atoms. The summed E-state index contributed by atoms with van der Waals surface area (Å²) in [6.45, 7) is 5.95. The van der Waals surface area contributed by atoms with Gasteiger partial charge in [-0.05, 0) is 6.07 Å². The Bertz CT molecular complexity index is 414. The van der Waals surface area contributed by atoms with Crippen LogP contribution >= 0.6 is 0 Å². The molecule has 1 aromatic carbocycles. The van der Waals surface area contributed by atoms with Crippen molar-refractivity contribution in [1.82, 2.24) is 10.2 Å². The highest BCUT2D eigenvalue weighted by atomic mass is 16.5. The van der Waals surface area contributed by atoms with Gasteiger partial charge in [0.1, 0.15) is 5.75 Å². The Hall–Kier alpha value is -1.14. The van der Waals surface area contributed by atoms with E-state index >= 15 is 0 Å². The fraction of sp³-hybridized carbons (Fsp3) is 0.625. The minimum absolute atomic E-state index is 0.334. The SMILES string of the molecule is COCCOCCN1CCNCC1c1ccccc1OC. The standard InChI is InChI=1S/C16H26N2O3/c1-19-11-12-21-10-9-18-8-7-17-13-15(18)14-5-3-4-6-16(14)20-2/h3-6,15,17H,7-13H2,1-2H3. The van der Waals surface area contributed by atoms with Crippen molar-refractivity contribution in [2.75, 3.05) is 60.2 Å².